The van der Waals surface area contributed by atoms with E-state index in [-0.39, 0.29) is 14.9 Å². The first-order chi connectivity index (χ1) is 17.8. The SMILES string of the molecule is C/C=C/C=C\CC=C(C)C.CC.Cc1cc(C(=N)C2=C(N)CCN(C(=O)NC3CCCNC3)C2)ccn1.[HH].[HH]. The fourth-order valence-electron chi connectivity index (χ4n) is 3.88. The molecule has 0 aliphatic carbocycles. The number of amides is 2. The number of hydrogen-bond acceptors (Lipinski definition) is 5. The minimum Gasteiger partial charge on any atom is -0.402 e. The van der Waals surface area contributed by atoms with Crippen molar-refractivity contribution in [1.29, 1.82) is 5.41 Å². The molecule has 3 rings (SSSR count). The number of aryl methyl sites for hydroxylation is 1. The highest BCUT2D eigenvalue weighted by atomic mass is 16.2. The molecule has 7 nitrogen and oxygen atoms in total. The second-order valence-corrected chi connectivity index (χ2v) is 9.20. The quantitative estimate of drug-likeness (QED) is 0.209. The van der Waals surface area contributed by atoms with Gasteiger partial charge in [-0.3, -0.25) is 10.4 Å². The monoisotopic (exact) mass is 512 g/mol. The summed E-state index contributed by atoms with van der Waals surface area (Å²) in [5.41, 5.74) is 11.0. The zero-order valence-corrected chi connectivity index (χ0v) is 23.7. The number of carbonyl (C=O) groups is 1. The molecule has 5 N–H and O–H groups in total. The van der Waals surface area contributed by atoms with Crippen LogP contribution in [0, 0.1) is 12.3 Å². The summed E-state index contributed by atoms with van der Waals surface area (Å²) in [6, 6.07) is 3.78. The van der Waals surface area contributed by atoms with E-state index in [1.807, 2.05) is 52.0 Å². The number of nitrogens with two attached hydrogens (primary N) is 1. The molecule has 2 aliphatic rings. The van der Waals surface area contributed by atoms with E-state index in [1.54, 1.807) is 11.1 Å². The molecule has 0 saturated carbocycles. The second kappa shape index (κ2) is 18.1. The van der Waals surface area contributed by atoms with Crippen molar-refractivity contribution in [2.45, 2.75) is 73.3 Å². The molecule has 0 aromatic carbocycles. The third-order valence-corrected chi connectivity index (χ3v) is 5.89. The summed E-state index contributed by atoms with van der Waals surface area (Å²) in [6.07, 6.45) is 15.9. The van der Waals surface area contributed by atoms with E-state index in [4.69, 9.17) is 11.1 Å². The number of rotatable bonds is 6. The van der Waals surface area contributed by atoms with Crippen LogP contribution in [0.3, 0.4) is 0 Å². The van der Waals surface area contributed by atoms with Gasteiger partial charge in [-0.1, -0.05) is 49.8 Å². The van der Waals surface area contributed by atoms with Gasteiger partial charge in [-0.05, 0) is 65.6 Å². The van der Waals surface area contributed by atoms with Gasteiger partial charge in [0, 0.05) is 57.1 Å². The smallest absolute Gasteiger partial charge is 0.317 e. The summed E-state index contributed by atoms with van der Waals surface area (Å²) in [7, 11) is 0. The molecule has 0 radical (unpaired) electrons. The van der Waals surface area contributed by atoms with Crippen molar-refractivity contribution in [2.75, 3.05) is 26.2 Å². The van der Waals surface area contributed by atoms with Crippen molar-refractivity contribution >= 4 is 11.7 Å². The Balaban J connectivity index is 0. The van der Waals surface area contributed by atoms with Crippen molar-refractivity contribution in [3.63, 3.8) is 0 Å². The second-order valence-electron chi connectivity index (χ2n) is 9.20. The van der Waals surface area contributed by atoms with Crippen LogP contribution in [0.15, 0.2) is 65.6 Å². The van der Waals surface area contributed by atoms with Crippen LogP contribution in [0.5, 0.6) is 0 Å². The molecule has 1 fully saturated rings. The highest BCUT2D eigenvalue weighted by Gasteiger charge is 2.26. The third-order valence-electron chi connectivity index (χ3n) is 5.89. The van der Waals surface area contributed by atoms with E-state index in [1.165, 1.54) is 5.57 Å². The Morgan fingerprint density at radius 3 is 2.73 bits per heavy atom. The van der Waals surface area contributed by atoms with Gasteiger partial charge in [-0.15, -0.1) is 0 Å². The van der Waals surface area contributed by atoms with Crippen LogP contribution < -0.4 is 16.4 Å². The van der Waals surface area contributed by atoms with Gasteiger partial charge >= 0.3 is 6.03 Å². The Morgan fingerprint density at radius 2 is 2.11 bits per heavy atom. The van der Waals surface area contributed by atoms with E-state index in [2.05, 4.69) is 47.7 Å². The highest BCUT2D eigenvalue weighted by molar-refractivity contribution is 6.11. The van der Waals surface area contributed by atoms with Crippen molar-refractivity contribution in [3.05, 3.63) is 76.8 Å². The third kappa shape index (κ3) is 12.1. The zero-order valence-electron chi connectivity index (χ0n) is 23.7. The number of pyridine rings is 1. The predicted octanol–water partition coefficient (Wildman–Crippen LogP) is 6.13. The molecule has 2 amide bonds. The van der Waals surface area contributed by atoms with Crippen LogP contribution in [0.25, 0.3) is 0 Å². The molecule has 1 atom stereocenters. The standard InChI is InChI=1S/C18H26N6O.C10H16.C2H6.2H2/c1-12-9-13(4-7-22-12)17(20)15-11-24(8-5-16(15)19)18(25)23-14-3-2-6-21-10-14;1-4-5-6-7-8-9-10(2)3;1-2;;/h4,7,9,14,20-21H,2-3,5-6,8,10-11,19H2,1H3,(H,23,25);4-7,9H,8H2,1-3H3;1-2H3;2*1H/b;5-4+,7-6-;;;. The van der Waals surface area contributed by atoms with Crippen molar-refractivity contribution in [2.24, 2.45) is 5.73 Å². The average Bonchev–Trinajstić information content (AvgIpc) is 2.90. The normalized spacial score (nSPS) is 17.5. The highest BCUT2D eigenvalue weighted by Crippen LogP contribution is 2.19. The first-order valence-corrected chi connectivity index (χ1v) is 13.5. The first-order valence-electron chi connectivity index (χ1n) is 13.5. The molecule has 2 aliphatic heterocycles. The Morgan fingerprint density at radius 1 is 1.35 bits per heavy atom. The van der Waals surface area contributed by atoms with Gasteiger partial charge in [0.2, 0.25) is 0 Å². The van der Waals surface area contributed by atoms with Crippen LogP contribution in [0.2, 0.25) is 0 Å². The lowest BCUT2D eigenvalue weighted by Crippen LogP contribution is -2.52. The molecule has 1 aromatic heterocycles. The molecule has 1 aromatic rings. The summed E-state index contributed by atoms with van der Waals surface area (Å²) in [4.78, 5) is 18.5. The lowest BCUT2D eigenvalue weighted by Gasteiger charge is -2.32. The molecule has 0 bridgehead atoms. The number of urea groups is 1. The largest absolute Gasteiger partial charge is 0.402 e. The van der Waals surface area contributed by atoms with Crippen molar-refractivity contribution in [3.8, 4) is 0 Å². The maximum Gasteiger partial charge on any atom is 0.317 e. The fraction of sp³-hybridized carbons (Fsp3) is 0.500. The van der Waals surface area contributed by atoms with Gasteiger partial charge in [-0.25, -0.2) is 4.79 Å². The number of piperidine rings is 1. The van der Waals surface area contributed by atoms with Gasteiger partial charge < -0.3 is 21.3 Å². The lowest BCUT2D eigenvalue weighted by atomic mass is 9.97. The van der Waals surface area contributed by atoms with E-state index >= 15 is 0 Å². The summed E-state index contributed by atoms with van der Waals surface area (Å²) in [6.45, 7) is 14.9. The minimum atomic E-state index is -0.0718. The van der Waals surface area contributed by atoms with Crippen molar-refractivity contribution in [1.82, 2.24) is 20.5 Å². The Bertz CT molecular complexity index is 977. The topological polar surface area (TPSA) is 107 Å². The molecular weight excluding hydrogens is 460 g/mol. The van der Waals surface area contributed by atoms with Gasteiger partial charge in [0.05, 0.1) is 12.3 Å². The van der Waals surface area contributed by atoms with E-state index in [9.17, 15) is 4.79 Å². The van der Waals surface area contributed by atoms with E-state index in [0.717, 1.165) is 49.2 Å². The number of allylic oxidation sites excluding steroid dienone is 6. The maximum atomic E-state index is 12.6. The maximum absolute atomic E-state index is 12.6. The van der Waals surface area contributed by atoms with Gasteiger partial charge in [0.25, 0.3) is 0 Å². The van der Waals surface area contributed by atoms with Crippen LogP contribution in [0.1, 0.15) is 74.4 Å². The Kier molecular flexibility index (Phi) is 15.6. The summed E-state index contributed by atoms with van der Waals surface area (Å²) in [5.74, 6) is 0. The summed E-state index contributed by atoms with van der Waals surface area (Å²) >= 11 is 0. The summed E-state index contributed by atoms with van der Waals surface area (Å²) < 4.78 is 0. The minimum absolute atomic E-state index is 0. The lowest BCUT2D eigenvalue weighted by molar-refractivity contribution is 0.194. The van der Waals surface area contributed by atoms with Crippen LogP contribution >= 0.6 is 0 Å². The summed E-state index contributed by atoms with van der Waals surface area (Å²) in [5, 5.41) is 14.9. The van der Waals surface area contributed by atoms with Crippen molar-refractivity contribution < 1.29 is 7.65 Å². The van der Waals surface area contributed by atoms with Gasteiger partial charge in [0.1, 0.15) is 0 Å². The first kappa shape index (κ1) is 31.8. The Labute approximate surface area is 227 Å². The molecule has 7 heteroatoms. The zero-order chi connectivity index (χ0) is 27.6. The molecule has 1 saturated heterocycles. The van der Waals surface area contributed by atoms with E-state index in [0.29, 0.717) is 30.9 Å². The number of nitrogens with zero attached hydrogens (tertiary/aromatic N) is 2. The molecular formula is C30H52N6O. The number of aromatic nitrogens is 1. The molecule has 37 heavy (non-hydrogen) atoms. The number of hydrogen-bond donors (Lipinski definition) is 4. The number of nitrogens with one attached hydrogen (secondary N) is 3. The van der Waals surface area contributed by atoms with E-state index < -0.39 is 0 Å². The fourth-order valence-corrected chi connectivity index (χ4v) is 3.88. The van der Waals surface area contributed by atoms with Crippen LogP contribution in [0.4, 0.5) is 4.79 Å². The molecule has 1 unspecified atom stereocenters. The van der Waals surface area contributed by atoms with Gasteiger partial charge in [-0.2, -0.15) is 0 Å². The number of carbonyl (C=O) groups excluding carboxylic acids is 1. The molecule has 208 valence electrons. The molecule has 3 heterocycles. The molecule has 0 spiro atoms. The van der Waals surface area contributed by atoms with Gasteiger partial charge in [0.15, 0.2) is 0 Å². The van der Waals surface area contributed by atoms with Crippen LogP contribution in [-0.4, -0.2) is 53.8 Å². The average molecular weight is 513 g/mol. The Hall–Kier alpha value is -3.19. The predicted molar refractivity (Wildman–Crippen MR) is 161 cm³/mol. The van der Waals surface area contributed by atoms with Crippen LogP contribution in [-0.2, 0) is 0 Å².